The summed E-state index contributed by atoms with van der Waals surface area (Å²) < 4.78 is 32.4. The van der Waals surface area contributed by atoms with Gasteiger partial charge < -0.3 is 15.0 Å². The number of hydrogen-bond acceptors (Lipinski definition) is 5. The summed E-state index contributed by atoms with van der Waals surface area (Å²) >= 11 is 0. The van der Waals surface area contributed by atoms with Crippen molar-refractivity contribution in [2.24, 2.45) is 12.0 Å². The van der Waals surface area contributed by atoms with Crippen molar-refractivity contribution in [2.75, 3.05) is 39.0 Å². The van der Waals surface area contributed by atoms with E-state index in [4.69, 9.17) is 4.74 Å². The van der Waals surface area contributed by atoms with Crippen molar-refractivity contribution >= 4 is 39.8 Å². The molecule has 8 nitrogen and oxygen atoms in total. The predicted octanol–water partition coefficient (Wildman–Crippen LogP) is 1.46. The van der Waals surface area contributed by atoms with E-state index in [0.29, 0.717) is 37.1 Å². The molecule has 0 radical (unpaired) electrons. The number of aryl methyl sites for hydroxylation is 1. The first-order valence-electron chi connectivity index (χ1n) is 8.83. The first-order valence-corrected chi connectivity index (χ1v) is 10.5. The van der Waals surface area contributed by atoms with Crippen molar-refractivity contribution < 1.29 is 13.2 Å². The van der Waals surface area contributed by atoms with Crippen LogP contribution in [-0.4, -0.2) is 68.1 Å². The van der Waals surface area contributed by atoms with Gasteiger partial charge in [-0.2, -0.15) is 5.10 Å². The Morgan fingerprint density at radius 2 is 2.11 bits per heavy atom. The molecule has 1 N–H and O–H groups in total. The lowest BCUT2D eigenvalue weighted by molar-refractivity contribution is -0.00798. The Morgan fingerprint density at radius 3 is 2.75 bits per heavy atom. The van der Waals surface area contributed by atoms with E-state index in [1.54, 1.807) is 48.3 Å². The van der Waals surface area contributed by atoms with Gasteiger partial charge in [-0.1, -0.05) is 18.2 Å². The summed E-state index contributed by atoms with van der Waals surface area (Å²) in [6.07, 6.45) is 3.66. The van der Waals surface area contributed by atoms with Gasteiger partial charge in [-0.05, 0) is 12.1 Å². The fourth-order valence-electron chi connectivity index (χ4n) is 3.02. The molecule has 154 valence electrons. The maximum Gasteiger partial charge on any atom is 0.193 e. The van der Waals surface area contributed by atoms with E-state index in [1.165, 1.54) is 0 Å². The van der Waals surface area contributed by atoms with Crippen LogP contribution >= 0.6 is 24.0 Å². The molecule has 2 aromatic rings. The monoisotopic (exact) mass is 519 g/mol. The Morgan fingerprint density at radius 1 is 1.36 bits per heavy atom. The highest BCUT2D eigenvalue weighted by molar-refractivity contribution is 14.0. The molecule has 1 unspecified atom stereocenters. The van der Waals surface area contributed by atoms with Gasteiger partial charge in [0.05, 0.1) is 30.0 Å². The second-order valence-corrected chi connectivity index (χ2v) is 8.47. The topological polar surface area (TPSA) is 88.8 Å². The maximum absolute atomic E-state index is 12.4. The number of ether oxygens (including phenoxy) is 1. The lowest BCUT2D eigenvalue weighted by Gasteiger charge is -2.34. The van der Waals surface area contributed by atoms with Crippen molar-refractivity contribution in [1.82, 2.24) is 20.0 Å². The summed E-state index contributed by atoms with van der Waals surface area (Å²) in [5, 5.41) is 7.36. The molecule has 0 aliphatic carbocycles. The van der Waals surface area contributed by atoms with E-state index >= 15 is 0 Å². The zero-order chi connectivity index (χ0) is 19.3. The Bertz CT molecular complexity index is 886. The SMILES string of the molecule is CN=C(NCCS(=O)(=O)c1ccccc1)N1CCOC(c2cnn(C)c2)C1.I. The predicted molar refractivity (Wildman–Crippen MR) is 119 cm³/mol. The van der Waals surface area contributed by atoms with Crippen molar-refractivity contribution in [3.05, 3.63) is 48.3 Å². The molecule has 0 spiro atoms. The quantitative estimate of drug-likeness (QED) is 0.366. The minimum absolute atomic E-state index is 0. The average molecular weight is 519 g/mol. The van der Waals surface area contributed by atoms with Crippen molar-refractivity contribution in [1.29, 1.82) is 0 Å². The number of nitrogens with zero attached hydrogens (tertiary/aromatic N) is 4. The number of hydrogen-bond donors (Lipinski definition) is 1. The molecule has 0 bridgehead atoms. The number of aromatic nitrogens is 2. The van der Waals surface area contributed by atoms with E-state index in [-0.39, 0.29) is 35.8 Å². The number of benzene rings is 1. The van der Waals surface area contributed by atoms with Crippen LogP contribution in [0.4, 0.5) is 0 Å². The van der Waals surface area contributed by atoms with E-state index < -0.39 is 9.84 Å². The fourth-order valence-corrected chi connectivity index (χ4v) is 4.20. The zero-order valence-electron chi connectivity index (χ0n) is 16.0. The van der Waals surface area contributed by atoms with Crippen LogP contribution < -0.4 is 5.32 Å². The molecule has 1 aliphatic rings. The summed E-state index contributed by atoms with van der Waals surface area (Å²) in [6.45, 7) is 2.19. The summed E-state index contributed by atoms with van der Waals surface area (Å²) in [6, 6.07) is 8.49. The lowest BCUT2D eigenvalue weighted by Crippen LogP contribution is -2.49. The van der Waals surface area contributed by atoms with Crippen LogP contribution in [0, 0.1) is 0 Å². The Hall–Kier alpha value is -1.66. The van der Waals surface area contributed by atoms with Crippen LogP contribution in [0.15, 0.2) is 52.6 Å². The van der Waals surface area contributed by atoms with Gasteiger partial charge in [0.15, 0.2) is 15.8 Å². The first-order chi connectivity index (χ1) is 13.0. The largest absolute Gasteiger partial charge is 0.370 e. The van der Waals surface area contributed by atoms with Crippen LogP contribution in [0.5, 0.6) is 0 Å². The molecule has 10 heteroatoms. The highest BCUT2D eigenvalue weighted by atomic mass is 127. The summed E-state index contributed by atoms with van der Waals surface area (Å²) in [5.41, 5.74) is 1.02. The number of morpholine rings is 1. The van der Waals surface area contributed by atoms with Crippen LogP contribution in [0.3, 0.4) is 0 Å². The average Bonchev–Trinajstić information content (AvgIpc) is 3.12. The van der Waals surface area contributed by atoms with Gasteiger partial charge in [-0.3, -0.25) is 9.67 Å². The summed E-state index contributed by atoms with van der Waals surface area (Å²) in [4.78, 5) is 6.72. The van der Waals surface area contributed by atoms with Gasteiger partial charge in [0.25, 0.3) is 0 Å². The molecule has 3 rings (SSSR count). The molecule has 1 fully saturated rings. The molecule has 1 aromatic carbocycles. The van der Waals surface area contributed by atoms with Crippen LogP contribution in [0.2, 0.25) is 0 Å². The van der Waals surface area contributed by atoms with Crippen LogP contribution in [-0.2, 0) is 21.6 Å². The van der Waals surface area contributed by atoms with E-state index in [2.05, 4.69) is 20.3 Å². The third-order valence-electron chi connectivity index (χ3n) is 4.43. The molecule has 1 aromatic heterocycles. The minimum Gasteiger partial charge on any atom is -0.370 e. The molecule has 2 heterocycles. The number of nitrogens with one attached hydrogen (secondary N) is 1. The molecule has 1 atom stereocenters. The molecule has 1 saturated heterocycles. The smallest absolute Gasteiger partial charge is 0.193 e. The molecular weight excluding hydrogens is 493 g/mol. The number of sulfone groups is 1. The second kappa shape index (κ2) is 10.2. The van der Waals surface area contributed by atoms with Crippen LogP contribution in [0.1, 0.15) is 11.7 Å². The van der Waals surface area contributed by atoms with Crippen molar-refractivity contribution in [3.63, 3.8) is 0 Å². The Balaban J connectivity index is 0.00000280. The second-order valence-electron chi connectivity index (χ2n) is 6.36. The van der Waals surface area contributed by atoms with Gasteiger partial charge in [0.1, 0.15) is 6.10 Å². The number of halogens is 1. The van der Waals surface area contributed by atoms with Gasteiger partial charge >= 0.3 is 0 Å². The normalized spacial score (nSPS) is 17.9. The molecular formula is C18H26IN5O3S. The van der Waals surface area contributed by atoms with Crippen LogP contribution in [0.25, 0.3) is 0 Å². The Labute approximate surface area is 182 Å². The highest BCUT2D eigenvalue weighted by Crippen LogP contribution is 2.21. The minimum atomic E-state index is -3.32. The fraction of sp³-hybridized carbons (Fsp3) is 0.444. The number of guanidine groups is 1. The van der Waals surface area contributed by atoms with E-state index in [1.807, 2.05) is 13.2 Å². The summed E-state index contributed by atoms with van der Waals surface area (Å²) in [7, 11) is 0.252. The standard InChI is InChI=1S/C18H25N5O3S.HI/c1-19-18(20-8-11-27(24,25)16-6-4-3-5-7-16)23-9-10-26-17(14-23)15-12-21-22(2)13-15;/h3-7,12-13,17H,8-11,14H2,1-2H3,(H,19,20);1H. The summed E-state index contributed by atoms with van der Waals surface area (Å²) in [5.74, 6) is 0.683. The third kappa shape index (κ3) is 5.67. The van der Waals surface area contributed by atoms with Gasteiger partial charge in [0.2, 0.25) is 0 Å². The first kappa shape index (κ1) is 22.6. The molecule has 0 saturated carbocycles. The van der Waals surface area contributed by atoms with Crippen molar-refractivity contribution in [2.45, 2.75) is 11.0 Å². The van der Waals surface area contributed by atoms with Gasteiger partial charge in [-0.15, -0.1) is 24.0 Å². The highest BCUT2D eigenvalue weighted by Gasteiger charge is 2.25. The number of aliphatic imine (C=N–C) groups is 1. The maximum atomic E-state index is 12.4. The van der Waals surface area contributed by atoms with E-state index in [9.17, 15) is 8.42 Å². The third-order valence-corrected chi connectivity index (χ3v) is 6.16. The zero-order valence-corrected chi connectivity index (χ0v) is 19.1. The molecule has 28 heavy (non-hydrogen) atoms. The van der Waals surface area contributed by atoms with E-state index in [0.717, 1.165) is 5.56 Å². The molecule has 0 amide bonds. The Kier molecular flexibility index (Phi) is 8.25. The number of rotatable bonds is 5. The van der Waals surface area contributed by atoms with Gasteiger partial charge in [0, 0.05) is 38.9 Å². The molecule has 1 aliphatic heterocycles. The lowest BCUT2D eigenvalue weighted by atomic mass is 10.1. The van der Waals surface area contributed by atoms with Gasteiger partial charge in [-0.25, -0.2) is 8.42 Å². The van der Waals surface area contributed by atoms with Crippen molar-refractivity contribution in [3.8, 4) is 0 Å².